The summed E-state index contributed by atoms with van der Waals surface area (Å²) in [6, 6.07) is 5.67. The first kappa shape index (κ1) is 15.4. The number of anilines is 1. The van der Waals surface area contributed by atoms with Gasteiger partial charge in [-0.05, 0) is 39.3 Å². The predicted molar refractivity (Wildman–Crippen MR) is 83.3 cm³/mol. The molecule has 1 unspecified atom stereocenters. The van der Waals surface area contributed by atoms with Crippen LogP contribution in [0.25, 0.3) is 0 Å². The summed E-state index contributed by atoms with van der Waals surface area (Å²) in [6.07, 6.45) is 0.373. The Kier molecular flexibility index (Phi) is 4.50. The molecule has 1 heterocycles. The van der Waals surface area contributed by atoms with E-state index in [0.717, 1.165) is 16.8 Å². The third kappa shape index (κ3) is 3.74. The largest absolute Gasteiger partial charge is 0.338 e. The Balaban J connectivity index is 1.92. The minimum Gasteiger partial charge on any atom is -0.338 e. The van der Waals surface area contributed by atoms with Crippen molar-refractivity contribution in [1.82, 2.24) is 10.2 Å². The highest BCUT2D eigenvalue weighted by Crippen LogP contribution is 2.17. The monoisotopic (exact) mass is 289 g/mol. The van der Waals surface area contributed by atoms with Gasteiger partial charge in [0, 0.05) is 24.7 Å². The molecule has 2 rings (SSSR count). The third-order valence-corrected chi connectivity index (χ3v) is 3.75. The molecule has 114 valence electrons. The summed E-state index contributed by atoms with van der Waals surface area (Å²) < 4.78 is 0. The Morgan fingerprint density at radius 3 is 2.62 bits per heavy atom. The Bertz CT molecular complexity index is 554. The van der Waals surface area contributed by atoms with Gasteiger partial charge in [0.1, 0.15) is 0 Å². The molecular formula is C16H23N3O2. The molecule has 0 spiro atoms. The summed E-state index contributed by atoms with van der Waals surface area (Å²) in [4.78, 5) is 25.6. The van der Waals surface area contributed by atoms with Crippen molar-refractivity contribution < 1.29 is 9.59 Å². The third-order valence-electron chi connectivity index (χ3n) is 3.75. The molecule has 5 nitrogen and oxygen atoms in total. The summed E-state index contributed by atoms with van der Waals surface area (Å²) in [5.41, 5.74) is 2.98. The first-order valence-electron chi connectivity index (χ1n) is 7.31. The Morgan fingerprint density at radius 1 is 1.33 bits per heavy atom. The van der Waals surface area contributed by atoms with Crippen molar-refractivity contribution in [2.24, 2.45) is 0 Å². The summed E-state index contributed by atoms with van der Waals surface area (Å²) in [5.74, 6) is 0.0989. The summed E-state index contributed by atoms with van der Waals surface area (Å²) in [5, 5.41) is 5.72. The van der Waals surface area contributed by atoms with Crippen molar-refractivity contribution in [3.8, 4) is 0 Å². The van der Waals surface area contributed by atoms with Gasteiger partial charge in [-0.3, -0.25) is 4.79 Å². The average molecular weight is 289 g/mol. The number of likely N-dealkylation sites (tertiary alicyclic amines) is 1. The molecule has 0 aliphatic carbocycles. The first-order valence-corrected chi connectivity index (χ1v) is 7.31. The lowest BCUT2D eigenvalue weighted by Gasteiger charge is -2.21. The van der Waals surface area contributed by atoms with Crippen LogP contribution in [0, 0.1) is 13.8 Å². The molecule has 3 amide bonds. The van der Waals surface area contributed by atoms with Crippen LogP contribution >= 0.6 is 0 Å². The number of rotatable bonds is 3. The van der Waals surface area contributed by atoms with Gasteiger partial charge in [-0.2, -0.15) is 0 Å². The Hall–Kier alpha value is -2.04. The highest BCUT2D eigenvalue weighted by atomic mass is 16.2. The molecular weight excluding hydrogens is 266 g/mol. The zero-order valence-corrected chi connectivity index (χ0v) is 13.1. The molecule has 0 saturated carbocycles. The van der Waals surface area contributed by atoms with E-state index in [1.165, 1.54) is 0 Å². The summed E-state index contributed by atoms with van der Waals surface area (Å²) >= 11 is 0. The van der Waals surface area contributed by atoms with E-state index < -0.39 is 0 Å². The molecule has 1 aromatic carbocycles. The maximum absolute atomic E-state index is 12.0. The second-order valence-electron chi connectivity index (χ2n) is 5.96. The van der Waals surface area contributed by atoms with E-state index in [4.69, 9.17) is 0 Å². The van der Waals surface area contributed by atoms with Crippen LogP contribution in [-0.2, 0) is 4.79 Å². The number of nitrogens with one attached hydrogen (secondary N) is 2. The van der Waals surface area contributed by atoms with Crippen LogP contribution in [0.4, 0.5) is 10.5 Å². The van der Waals surface area contributed by atoms with Gasteiger partial charge < -0.3 is 15.5 Å². The molecule has 0 aromatic heterocycles. The number of aryl methyl sites for hydroxylation is 2. The van der Waals surface area contributed by atoms with Crippen LogP contribution in [0.15, 0.2) is 18.2 Å². The van der Waals surface area contributed by atoms with Crippen LogP contribution in [-0.4, -0.2) is 35.5 Å². The van der Waals surface area contributed by atoms with Gasteiger partial charge >= 0.3 is 6.03 Å². The predicted octanol–water partition coefficient (Wildman–Crippen LogP) is 2.43. The molecule has 0 radical (unpaired) electrons. The maximum atomic E-state index is 12.0. The SMILES string of the molecule is Cc1ccc(NC(=O)NC2CC(=O)N(C(C)C)C2)c(C)c1. The van der Waals surface area contributed by atoms with Gasteiger partial charge in [0.25, 0.3) is 0 Å². The van der Waals surface area contributed by atoms with E-state index in [0.29, 0.717) is 13.0 Å². The van der Waals surface area contributed by atoms with Crippen LogP contribution in [0.3, 0.4) is 0 Å². The highest BCUT2D eigenvalue weighted by molar-refractivity contribution is 5.91. The normalized spacial score (nSPS) is 18.2. The van der Waals surface area contributed by atoms with E-state index in [2.05, 4.69) is 10.6 Å². The number of urea groups is 1. The minimum atomic E-state index is -0.259. The van der Waals surface area contributed by atoms with E-state index in [-0.39, 0.29) is 24.0 Å². The van der Waals surface area contributed by atoms with Crippen LogP contribution in [0.1, 0.15) is 31.4 Å². The number of benzene rings is 1. The average Bonchev–Trinajstić information content (AvgIpc) is 2.74. The molecule has 1 fully saturated rings. The van der Waals surface area contributed by atoms with Crippen molar-refractivity contribution in [3.05, 3.63) is 29.3 Å². The number of carbonyl (C=O) groups excluding carboxylic acids is 2. The number of carbonyl (C=O) groups is 2. The molecule has 1 aliphatic rings. The zero-order valence-electron chi connectivity index (χ0n) is 13.1. The lowest BCUT2D eigenvalue weighted by Crippen LogP contribution is -2.40. The number of hydrogen-bond donors (Lipinski definition) is 2. The van der Waals surface area contributed by atoms with Crippen LogP contribution in [0.5, 0.6) is 0 Å². The Morgan fingerprint density at radius 2 is 2.05 bits per heavy atom. The standard InChI is InChI=1S/C16H23N3O2/c1-10(2)19-9-13(8-15(19)20)17-16(21)18-14-6-5-11(3)7-12(14)4/h5-7,10,13H,8-9H2,1-4H3,(H2,17,18,21). The molecule has 1 atom stereocenters. The number of amides is 3. The van der Waals surface area contributed by atoms with Crippen molar-refractivity contribution in [2.75, 3.05) is 11.9 Å². The van der Waals surface area contributed by atoms with E-state index in [1.54, 1.807) is 4.90 Å². The van der Waals surface area contributed by atoms with Crippen molar-refractivity contribution in [1.29, 1.82) is 0 Å². The minimum absolute atomic E-state index is 0.0989. The fourth-order valence-corrected chi connectivity index (χ4v) is 2.62. The van der Waals surface area contributed by atoms with E-state index >= 15 is 0 Å². The van der Waals surface area contributed by atoms with E-state index in [9.17, 15) is 9.59 Å². The molecule has 2 N–H and O–H groups in total. The quantitative estimate of drug-likeness (QED) is 0.897. The van der Waals surface area contributed by atoms with Crippen molar-refractivity contribution in [2.45, 2.75) is 46.2 Å². The Labute approximate surface area is 125 Å². The van der Waals surface area contributed by atoms with Gasteiger partial charge in [-0.1, -0.05) is 17.7 Å². The van der Waals surface area contributed by atoms with Gasteiger partial charge in [0.15, 0.2) is 0 Å². The smallest absolute Gasteiger partial charge is 0.319 e. The molecule has 5 heteroatoms. The number of hydrogen-bond acceptors (Lipinski definition) is 2. The lowest BCUT2D eigenvalue weighted by atomic mass is 10.1. The second kappa shape index (κ2) is 6.16. The van der Waals surface area contributed by atoms with Crippen LogP contribution < -0.4 is 10.6 Å². The fraction of sp³-hybridized carbons (Fsp3) is 0.500. The van der Waals surface area contributed by atoms with Crippen molar-refractivity contribution in [3.63, 3.8) is 0 Å². The first-order chi connectivity index (χ1) is 9.86. The summed E-state index contributed by atoms with van der Waals surface area (Å²) in [6.45, 7) is 8.52. The van der Waals surface area contributed by atoms with Gasteiger partial charge in [0.2, 0.25) is 5.91 Å². The lowest BCUT2D eigenvalue weighted by molar-refractivity contribution is -0.129. The maximum Gasteiger partial charge on any atom is 0.319 e. The van der Waals surface area contributed by atoms with Gasteiger partial charge in [-0.15, -0.1) is 0 Å². The number of nitrogens with zero attached hydrogens (tertiary/aromatic N) is 1. The summed E-state index contributed by atoms with van der Waals surface area (Å²) in [7, 11) is 0. The highest BCUT2D eigenvalue weighted by Gasteiger charge is 2.31. The molecule has 1 saturated heterocycles. The zero-order chi connectivity index (χ0) is 15.6. The van der Waals surface area contributed by atoms with E-state index in [1.807, 2.05) is 45.9 Å². The molecule has 1 aromatic rings. The molecule has 1 aliphatic heterocycles. The van der Waals surface area contributed by atoms with Crippen LogP contribution in [0.2, 0.25) is 0 Å². The molecule has 0 bridgehead atoms. The molecule has 21 heavy (non-hydrogen) atoms. The second-order valence-corrected chi connectivity index (χ2v) is 5.96. The van der Waals surface area contributed by atoms with Crippen molar-refractivity contribution >= 4 is 17.6 Å². The topological polar surface area (TPSA) is 61.4 Å². The fourth-order valence-electron chi connectivity index (χ4n) is 2.62. The van der Waals surface area contributed by atoms with Gasteiger partial charge in [0.05, 0.1) is 6.04 Å². The van der Waals surface area contributed by atoms with Gasteiger partial charge in [-0.25, -0.2) is 4.79 Å².